The lowest BCUT2D eigenvalue weighted by Crippen LogP contribution is -2.35. The van der Waals surface area contributed by atoms with Gasteiger partial charge >= 0.3 is 0 Å². The van der Waals surface area contributed by atoms with E-state index in [0.717, 1.165) is 24.8 Å². The highest BCUT2D eigenvalue weighted by molar-refractivity contribution is 7.88. The molecule has 0 bridgehead atoms. The normalized spacial score (nSPS) is 19.5. The molecule has 134 valence electrons. The van der Waals surface area contributed by atoms with Crippen molar-refractivity contribution in [3.63, 3.8) is 0 Å². The first kappa shape index (κ1) is 18.0. The summed E-state index contributed by atoms with van der Waals surface area (Å²) in [6.07, 6.45) is 2.62. The van der Waals surface area contributed by atoms with Crippen LogP contribution in [0, 0.1) is 11.6 Å². The van der Waals surface area contributed by atoms with Crippen molar-refractivity contribution < 1.29 is 17.2 Å². The quantitative estimate of drug-likeness (QED) is 0.819. The minimum absolute atomic E-state index is 0.0612. The van der Waals surface area contributed by atoms with Crippen molar-refractivity contribution in [2.75, 3.05) is 13.1 Å². The molecule has 0 N–H and O–H groups in total. The third kappa shape index (κ3) is 4.64. The Bertz CT molecular complexity index is 804. The summed E-state index contributed by atoms with van der Waals surface area (Å²) in [5, 5.41) is 0. The largest absolute Gasteiger partial charge is 0.218 e. The molecule has 1 atom stereocenters. The molecule has 2 aromatic rings. The maximum absolute atomic E-state index is 13.1. The molecule has 3 nitrogen and oxygen atoms in total. The first-order valence-electron chi connectivity index (χ1n) is 8.42. The molecule has 3 rings (SSSR count). The van der Waals surface area contributed by atoms with Crippen LogP contribution in [0.5, 0.6) is 0 Å². The lowest BCUT2D eigenvalue weighted by molar-refractivity contribution is 0.405. The lowest BCUT2D eigenvalue weighted by Gasteiger charge is -2.24. The van der Waals surface area contributed by atoms with Gasteiger partial charge in [-0.05, 0) is 54.2 Å². The molecule has 0 saturated carbocycles. The van der Waals surface area contributed by atoms with Gasteiger partial charge in [0, 0.05) is 13.1 Å². The van der Waals surface area contributed by atoms with E-state index in [0.29, 0.717) is 18.7 Å². The van der Waals surface area contributed by atoms with E-state index in [9.17, 15) is 17.2 Å². The van der Waals surface area contributed by atoms with E-state index in [1.54, 1.807) is 12.1 Å². The Hall–Kier alpha value is -1.79. The van der Waals surface area contributed by atoms with Crippen LogP contribution >= 0.6 is 0 Å². The predicted molar refractivity (Wildman–Crippen MR) is 93.6 cm³/mol. The third-order valence-electron chi connectivity index (χ3n) is 4.63. The summed E-state index contributed by atoms with van der Waals surface area (Å²) in [7, 11) is -3.48. The van der Waals surface area contributed by atoms with Gasteiger partial charge in [0.05, 0.1) is 5.75 Å². The van der Waals surface area contributed by atoms with Gasteiger partial charge < -0.3 is 0 Å². The number of nitrogens with zero attached hydrogens (tertiary/aromatic N) is 1. The Labute approximate surface area is 147 Å². The fraction of sp³-hybridized carbons (Fsp3) is 0.368. The molecule has 2 aromatic carbocycles. The first-order chi connectivity index (χ1) is 11.9. The van der Waals surface area contributed by atoms with Crippen LogP contribution in [0.15, 0.2) is 48.5 Å². The molecule has 6 heteroatoms. The summed E-state index contributed by atoms with van der Waals surface area (Å²) in [6, 6.07) is 11.8. The Balaban J connectivity index is 1.77. The highest BCUT2D eigenvalue weighted by Crippen LogP contribution is 2.28. The second kappa shape index (κ2) is 7.62. The van der Waals surface area contributed by atoms with Gasteiger partial charge in [0.1, 0.15) is 11.6 Å². The first-order valence-corrected chi connectivity index (χ1v) is 10.0. The number of hydrogen-bond donors (Lipinski definition) is 0. The molecule has 1 aliphatic heterocycles. The average Bonchev–Trinajstić information content (AvgIpc) is 2.84. The molecule has 1 saturated heterocycles. The molecular weight excluding hydrogens is 344 g/mol. The number of hydrogen-bond acceptors (Lipinski definition) is 2. The number of rotatable bonds is 4. The van der Waals surface area contributed by atoms with Crippen LogP contribution in [0.4, 0.5) is 8.78 Å². The van der Waals surface area contributed by atoms with Crippen molar-refractivity contribution in [1.29, 1.82) is 0 Å². The van der Waals surface area contributed by atoms with Gasteiger partial charge in [-0.3, -0.25) is 0 Å². The molecule has 1 heterocycles. The summed E-state index contributed by atoms with van der Waals surface area (Å²) in [5.41, 5.74) is 1.54. The summed E-state index contributed by atoms with van der Waals surface area (Å²) in [5.74, 6) is -0.750. The summed E-state index contributed by atoms with van der Waals surface area (Å²) < 4.78 is 53.3. The van der Waals surface area contributed by atoms with Crippen LogP contribution in [-0.4, -0.2) is 25.8 Å². The molecule has 0 amide bonds. The topological polar surface area (TPSA) is 37.4 Å². The van der Waals surface area contributed by atoms with Gasteiger partial charge in [-0.2, -0.15) is 0 Å². The van der Waals surface area contributed by atoms with Crippen LogP contribution in [-0.2, 0) is 15.8 Å². The zero-order valence-electron chi connectivity index (χ0n) is 13.9. The Morgan fingerprint density at radius 3 is 2.16 bits per heavy atom. The van der Waals surface area contributed by atoms with Crippen LogP contribution in [0.2, 0.25) is 0 Å². The van der Waals surface area contributed by atoms with Crippen LogP contribution in [0.1, 0.15) is 36.3 Å². The Morgan fingerprint density at radius 1 is 0.920 bits per heavy atom. The molecule has 1 aliphatic rings. The molecule has 0 radical (unpaired) electrons. The van der Waals surface area contributed by atoms with Crippen molar-refractivity contribution in [3.05, 3.63) is 71.3 Å². The highest BCUT2D eigenvalue weighted by atomic mass is 32.2. The maximum Gasteiger partial charge on any atom is 0.218 e. The Kier molecular flexibility index (Phi) is 5.49. The number of benzene rings is 2. The zero-order chi connectivity index (χ0) is 17.9. The van der Waals surface area contributed by atoms with Gasteiger partial charge in [-0.1, -0.05) is 30.7 Å². The monoisotopic (exact) mass is 365 g/mol. The van der Waals surface area contributed by atoms with Crippen molar-refractivity contribution in [2.24, 2.45) is 0 Å². The van der Waals surface area contributed by atoms with Gasteiger partial charge in [0.2, 0.25) is 10.0 Å². The molecule has 1 fully saturated rings. The van der Waals surface area contributed by atoms with E-state index in [-0.39, 0.29) is 23.3 Å². The van der Waals surface area contributed by atoms with E-state index in [4.69, 9.17) is 0 Å². The number of sulfonamides is 1. The van der Waals surface area contributed by atoms with E-state index >= 15 is 0 Å². The zero-order valence-corrected chi connectivity index (χ0v) is 14.7. The number of halogens is 2. The minimum Gasteiger partial charge on any atom is -0.212 e. The fourth-order valence-corrected chi connectivity index (χ4v) is 4.86. The van der Waals surface area contributed by atoms with E-state index < -0.39 is 10.0 Å². The van der Waals surface area contributed by atoms with Gasteiger partial charge in [0.15, 0.2) is 0 Å². The molecule has 25 heavy (non-hydrogen) atoms. The SMILES string of the molecule is O=S(=O)(Cc1ccc(F)cc1)N1CCCCC(c2ccc(F)cc2)C1. The molecule has 0 aromatic heterocycles. The van der Waals surface area contributed by atoms with Gasteiger partial charge in [-0.25, -0.2) is 21.5 Å². The molecule has 0 spiro atoms. The standard InChI is InChI=1S/C19H21F2NO2S/c20-18-8-4-15(5-9-18)14-25(23,24)22-12-2-1-3-17(13-22)16-6-10-19(21)11-7-16/h4-11,17H,1-3,12-14H2. The highest BCUT2D eigenvalue weighted by Gasteiger charge is 2.28. The summed E-state index contributed by atoms with van der Waals surface area (Å²) in [4.78, 5) is 0. The fourth-order valence-electron chi connectivity index (χ4n) is 3.25. The van der Waals surface area contributed by atoms with Crippen molar-refractivity contribution in [1.82, 2.24) is 4.31 Å². The van der Waals surface area contributed by atoms with E-state index in [1.807, 2.05) is 0 Å². The Morgan fingerprint density at radius 2 is 1.52 bits per heavy atom. The van der Waals surface area contributed by atoms with Crippen molar-refractivity contribution in [2.45, 2.75) is 30.9 Å². The maximum atomic E-state index is 13.1. The molecular formula is C19H21F2NO2S. The van der Waals surface area contributed by atoms with E-state index in [2.05, 4.69) is 0 Å². The lowest BCUT2D eigenvalue weighted by atomic mass is 9.95. The predicted octanol–water partition coefficient (Wildman–Crippen LogP) is 4.06. The van der Waals surface area contributed by atoms with E-state index in [1.165, 1.54) is 40.7 Å². The van der Waals surface area contributed by atoms with Crippen molar-refractivity contribution in [3.8, 4) is 0 Å². The van der Waals surface area contributed by atoms with Crippen LogP contribution < -0.4 is 0 Å². The van der Waals surface area contributed by atoms with Gasteiger partial charge in [0.25, 0.3) is 0 Å². The average molecular weight is 365 g/mol. The van der Waals surface area contributed by atoms with Crippen molar-refractivity contribution >= 4 is 10.0 Å². The third-order valence-corrected chi connectivity index (χ3v) is 6.45. The second-order valence-electron chi connectivity index (χ2n) is 6.48. The summed E-state index contributed by atoms with van der Waals surface area (Å²) in [6.45, 7) is 0.885. The minimum atomic E-state index is -3.48. The smallest absolute Gasteiger partial charge is 0.212 e. The van der Waals surface area contributed by atoms with Gasteiger partial charge in [-0.15, -0.1) is 0 Å². The summed E-state index contributed by atoms with van der Waals surface area (Å²) >= 11 is 0. The van der Waals surface area contributed by atoms with Crippen LogP contribution in [0.3, 0.4) is 0 Å². The molecule has 1 unspecified atom stereocenters. The second-order valence-corrected chi connectivity index (χ2v) is 8.45. The molecule has 0 aliphatic carbocycles. The van der Waals surface area contributed by atoms with Crippen LogP contribution in [0.25, 0.3) is 0 Å².